The summed E-state index contributed by atoms with van der Waals surface area (Å²) in [6, 6.07) is 5.98. The van der Waals surface area contributed by atoms with Gasteiger partial charge in [-0.1, -0.05) is 26.0 Å². The molecule has 1 aromatic carbocycles. The minimum Gasteiger partial charge on any atom is -0.406 e. The first-order chi connectivity index (χ1) is 13.1. The number of halogens is 3. The number of hydrogen-bond acceptors (Lipinski definition) is 4. The van der Waals surface area contributed by atoms with Crippen LogP contribution < -0.4 is 15.6 Å². The van der Waals surface area contributed by atoms with E-state index in [1.165, 1.54) is 24.3 Å². The molecule has 1 saturated carbocycles. The van der Waals surface area contributed by atoms with Crippen LogP contribution in [-0.2, 0) is 0 Å². The van der Waals surface area contributed by atoms with Gasteiger partial charge < -0.3 is 15.0 Å². The first-order valence-corrected chi connectivity index (χ1v) is 8.90. The van der Waals surface area contributed by atoms with E-state index in [-0.39, 0.29) is 23.3 Å². The molecule has 1 aliphatic rings. The molecule has 0 aliphatic heterocycles. The SMILES string of the molecule is CC(C)C(NC(=O)c1cc(=O)[nH]c(C2CC2)n1)c1ccc(OC(F)(F)F)cc1. The van der Waals surface area contributed by atoms with E-state index in [1.807, 2.05) is 13.8 Å². The summed E-state index contributed by atoms with van der Waals surface area (Å²) in [5, 5.41) is 2.81. The molecule has 1 atom stereocenters. The summed E-state index contributed by atoms with van der Waals surface area (Å²) >= 11 is 0. The lowest BCUT2D eigenvalue weighted by molar-refractivity contribution is -0.274. The number of nitrogens with zero attached hydrogens (tertiary/aromatic N) is 1. The Bertz CT molecular complexity index is 903. The van der Waals surface area contributed by atoms with E-state index < -0.39 is 23.9 Å². The van der Waals surface area contributed by atoms with Gasteiger partial charge in [-0.25, -0.2) is 4.98 Å². The van der Waals surface area contributed by atoms with Crippen molar-refractivity contribution in [2.24, 2.45) is 5.92 Å². The third-order valence-corrected chi connectivity index (χ3v) is 4.38. The zero-order valence-corrected chi connectivity index (χ0v) is 15.3. The number of alkyl halides is 3. The first-order valence-electron chi connectivity index (χ1n) is 8.90. The van der Waals surface area contributed by atoms with Crippen molar-refractivity contribution in [1.29, 1.82) is 0 Å². The third-order valence-electron chi connectivity index (χ3n) is 4.38. The van der Waals surface area contributed by atoms with Gasteiger partial charge in [-0.3, -0.25) is 9.59 Å². The highest BCUT2D eigenvalue weighted by Crippen LogP contribution is 2.37. The number of carbonyl (C=O) groups is 1. The second kappa shape index (κ2) is 7.65. The van der Waals surface area contributed by atoms with Gasteiger partial charge in [-0.05, 0) is 36.5 Å². The van der Waals surface area contributed by atoms with E-state index in [0.29, 0.717) is 11.4 Å². The van der Waals surface area contributed by atoms with Crippen molar-refractivity contribution >= 4 is 5.91 Å². The fourth-order valence-corrected chi connectivity index (χ4v) is 2.87. The number of nitrogens with one attached hydrogen (secondary N) is 2. The van der Waals surface area contributed by atoms with E-state index in [1.54, 1.807) is 0 Å². The van der Waals surface area contributed by atoms with Crippen molar-refractivity contribution in [1.82, 2.24) is 15.3 Å². The van der Waals surface area contributed by atoms with Crippen LogP contribution in [0.5, 0.6) is 5.75 Å². The van der Waals surface area contributed by atoms with Crippen molar-refractivity contribution in [2.75, 3.05) is 0 Å². The summed E-state index contributed by atoms with van der Waals surface area (Å²) in [4.78, 5) is 31.3. The third kappa shape index (κ3) is 5.11. The molecule has 0 bridgehead atoms. The average molecular weight is 395 g/mol. The molecule has 0 spiro atoms. The molecule has 9 heteroatoms. The molecule has 0 saturated heterocycles. The number of aromatic amines is 1. The summed E-state index contributed by atoms with van der Waals surface area (Å²) in [5.41, 5.74) is 0.246. The van der Waals surface area contributed by atoms with Gasteiger partial charge in [0.05, 0.1) is 6.04 Å². The zero-order valence-electron chi connectivity index (χ0n) is 15.3. The molecular weight excluding hydrogens is 375 g/mol. The molecule has 3 rings (SSSR count). The van der Waals surface area contributed by atoms with E-state index in [0.717, 1.165) is 18.9 Å². The van der Waals surface area contributed by atoms with E-state index in [4.69, 9.17) is 0 Å². The van der Waals surface area contributed by atoms with Crippen LogP contribution in [0.1, 0.15) is 60.5 Å². The largest absolute Gasteiger partial charge is 0.573 e. The lowest BCUT2D eigenvalue weighted by Gasteiger charge is -2.23. The van der Waals surface area contributed by atoms with Crippen LogP contribution in [-0.4, -0.2) is 22.2 Å². The van der Waals surface area contributed by atoms with Crippen molar-refractivity contribution in [3.05, 3.63) is 57.8 Å². The van der Waals surface area contributed by atoms with Gasteiger partial charge in [0.1, 0.15) is 17.3 Å². The van der Waals surface area contributed by atoms with Gasteiger partial charge in [-0.15, -0.1) is 13.2 Å². The fraction of sp³-hybridized carbons (Fsp3) is 0.421. The number of benzene rings is 1. The maximum atomic E-state index is 12.6. The molecule has 0 radical (unpaired) electrons. The number of carbonyl (C=O) groups excluding carboxylic acids is 1. The van der Waals surface area contributed by atoms with Crippen LogP contribution in [0, 0.1) is 5.92 Å². The second-order valence-electron chi connectivity index (χ2n) is 7.10. The number of aromatic nitrogens is 2. The molecule has 1 fully saturated rings. The molecule has 1 amide bonds. The highest BCUT2D eigenvalue weighted by Gasteiger charge is 2.31. The second-order valence-corrected chi connectivity index (χ2v) is 7.10. The van der Waals surface area contributed by atoms with Gasteiger partial charge in [0.2, 0.25) is 0 Å². The fourth-order valence-electron chi connectivity index (χ4n) is 2.87. The molecule has 28 heavy (non-hydrogen) atoms. The molecule has 150 valence electrons. The highest BCUT2D eigenvalue weighted by molar-refractivity contribution is 5.92. The highest BCUT2D eigenvalue weighted by atomic mass is 19.4. The van der Waals surface area contributed by atoms with Crippen LogP contribution in [0.15, 0.2) is 35.1 Å². The van der Waals surface area contributed by atoms with Crippen LogP contribution in [0.2, 0.25) is 0 Å². The van der Waals surface area contributed by atoms with Crippen LogP contribution in [0.3, 0.4) is 0 Å². The summed E-state index contributed by atoms with van der Waals surface area (Å²) < 4.78 is 40.8. The Morgan fingerprint density at radius 1 is 1.25 bits per heavy atom. The summed E-state index contributed by atoms with van der Waals surface area (Å²) in [6.07, 6.45) is -2.91. The van der Waals surface area contributed by atoms with Crippen LogP contribution in [0.4, 0.5) is 13.2 Å². The van der Waals surface area contributed by atoms with Crippen LogP contribution >= 0.6 is 0 Å². The summed E-state index contributed by atoms with van der Waals surface area (Å²) in [7, 11) is 0. The number of hydrogen-bond donors (Lipinski definition) is 2. The van der Waals surface area contributed by atoms with Gasteiger partial charge in [-0.2, -0.15) is 0 Å². The molecule has 2 N–H and O–H groups in total. The minimum atomic E-state index is -4.77. The normalized spacial score (nSPS) is 15.4. The maximum Gasteiger partial charge on any atom is 0.573 e. The lowest BCUT2D eigenvalue weighted by atomic mass is 9.95. The quantitative estimate of drug-likeness (QED) is 0.782. The standard InChI is InChI=1S/C19H20F3N3O3/c1-10(2)16(11-5-7-13(8-6-11)28-19(20,21)22)25-18(27)14-9-15(26)24-17(23-14)12-3-4-12/h5-10,12,16H,3-4H2,1-2H3,(H,25,27)(H,23,24,26). The lowest BCUT2D eigenvalue weighted by Crippen LogP contribution is -2.33. The van der Waals surface area contributed by atoms with E-state index in [9.17, 15) is 22.8 Å². The Morgan fingerprint density at radius 2 is 1.89 bits per heavy atom. The minimum absolute atomic E-state index is 0.0216. The number of amides is 1. The van der Waals surface area contributed by atoms with Crippen molar-refractivity contribution in [2.45, 2.75) is 45.0 Å². The Hall–Kier alpha value is -2.84. The summed E-state index contributed by atoms with van der Waals surface area (Å²) in [6.45, 7) is 3.73. The predicted molar refractivity (Wildman–Crippen MR) is 95.0 cm³/mol. The molecule has 1 aliphatic carbocycles. The number of rotatable bonds is 6. The first kappa shape index (κ1) is 19.9. The smallest absolute Gasteiger partial charge is 0.406 e. The Labute approximate surface area is 159 Å². The molecule has 2 aromatic rings. The number of H-pyrrole nitrogens is 1. The van der Waals surface area contributed by atoms with E-state index in [2.05, 4.69) is 20.0 Å². The van der Waals surface area contributed by atoms with E-state index >= 15 is 0 Å². The Balaban J connectivity index is 1.78. The zero-order chi connectivity index (χ0) is 20.5. The number of ether oxygens (including phenoxy) is 1. The Kier molecular flexibility index (Phi) is 5.44. The molecular formula is C19H20F3N3O3. The average Bonchev–Trinajstić information content (AvgIpc) is 3.43. The predicted octanol–water partition coefficient (Wildman–Crippen LogP) is 3.67. The van der Waals surface area contributed by atoms with Crippen molar-refractivity contribution in [3.8, 4) is 5.75 Å². The molecule has 1 aromatic heterocycles. The van der Waals surface area contributed by atoms with Crippen molar-refractivity contribution < 1.29 is 22.7 Å². The molecule has 6 nitrogen and oxygen atoms in total. The topological polar surface area (TPSA) is 84.1 Å². The monoisotopic (exact) mass is 395 g/mol. The van der Waals surface area contributed by atoms with Crippen molar-refractivity contribution in [3.63, 3.8) is 0 Å². The maximum absolute atomic E-state index is 12.6. The van der Waals surface area contributed by atoms with Gasteiger partial charge in [0.15, 0.2) is 0 Å². The molecule has 1 heterocycles. The molecule has 1 unspecified atom stereocenters. The van der Waals surface area contributed by atoms with Crippen LogP contribution in [0.25, 0.3) is 0 Å². The Morgan fingerprint density at radius 3 is 2.43 bits per heavy atom. The van der Waals surface area contributed by atoms with Gasteiger partial charge >= 0.3 is 6.36 Å². The van der Waals surface area contributed by atoms with Gasteiger partial charge in [0.25, 0.3) is 11.5 Å². The van der Waals surface area contributed by atoms with Gasteiger partial charge in [0, 0.05) is 12.0 Å². The summed E-state index contributed by atoms with van der Waals surface area (Å²) in [5.74, 6) is -0.212.